The number of anilines is 1. The Bertz CT molecular complexity index is 1720. The molecule has 42 heavy (non-hydrogen) atoms. The summed E-state index contributed by atoms with van der Waals surface area (Å²) in [5.41, 5.74) is 6.33. The van der Waals surface area contributed by atoms with E-state index >= 15 is 0 Å². The third kappa shape index (κ3) is 3.71. The molecule has 3 aliphatic carbocycles. The van der Waals surface area contributed by atoms with Crippen LogP contribution in [0.2, 0.25) is 0 Å². The highest BCUT2D eigenvalue weighted by molar-refractivity contribution is 6.25. The summed E-state index contributed by atoms with van der Waals surface area (Å²) in [4.78, 5) is 42.5. The number of carbonyl (C=O) groups is 3. The Kier molecular flexibility index (Phi) is 6.01. The van der Waals surface area contributed by atoms with Gasteiger partial charge in [-0.15, -0.1) is 0 Å². The number of halogens is 1. The van der Waals surface area contributed by atoms with E-state index in [0.717, 1.165) is 27.8 Å². The first-order valence-corrected chi connectivity index (χ1v) is 13.7. The van der Waals surface area contributed by atoms with Crippen molar-refractivity contribution >= 4 is 29.6 Å². The predicted molar refractivity (Wildman–Crippen MR) is 155 cm³/mol. The molecular weight excluding hydrogens is 533 g/mol. The molecule has 8 rings (SSSR count). The number of ether oxygens (including phenoxy) is 1. The lowest BCUT2D eigenvalue weighted by atomic mass is 9.47. The van der Waals surface area contributed by atoms with Crippen molar-refractivity contribution in [3.8, 4) is 5.75 Å². The molecule has 4 aromatic carbocycles. The third-order valence-corrected chi connectivity index (χ3v) is 8.75. The van der Waals surface area contributed by atoms with Crippen LogP contribution in [0.5, 0.6) is 5.75 Å². The van der Waals surface area contributed by atoms with Gasteiger partial charge in [-0.2, -0.15) is 5.10 Å². The van der Waals surface area contributed by atoms with Crippen molar-refractivity contribution in [3.05, 3.63) is 131 Å². The lowest BCUT2D eigenvalue weighted by Crippen LogP contribution is -2.54. The van der Waals surface area contributed by atoms with Gasteiger partial charge >= 0.3 is 0 Å². The first-order chi connectivity index (χ1) is 20.4. The average molecular weight is 560 g/mol. The SMILES string of the molecule is COc1ccc(CC(=O)N/N=C/C23c4ccccc4C(c4ccccc42)C2C(=O)N(c4ccc(F)cc4)C(=O)C23)cc1. The lowest BCUT2D eigenvalue weighted by molar-refractivity contribution is -0.123. The van der Waals surface area contributed by atoms with Crippen LogP contribution in [0.3, 0.4) is 0 Å². The number of benzene rings is 4. The Morgan fingerprint density at radius 1 is 0.905 bits per heavy atom. The van der Waals surface area contributed by atoms with Gasteiger partial charge in [0.1, 0.15) is 11.6 Å². The van der Waals surface area contributed by atoms with Gasteiger partial charge in [-0.3, -0.25) is 14.4 Å². The fraction of sp³-hybridized carbons (Fsp3) is 0.176. The Morgan fingerprint density at radius 3 is 2.14 bits per heavy atom. The fourth-order valence-electron chi connectivity index (χ4n) is 7.07. The molecule has 2 bridgehead atoms. The van der Waals surface area contributed by atoms with Crippen molar-refractivity contribution in [2.24, 2.45) is 16.9 Å². The van der Waals surface area contributed by atoms with Gasteiger partial charge in [-0.25, -0.2) is 14.7 Å². The predicted octanol–water partition coefficient (Wildman–Crippen LogP) is 4.73. The van der Waals surface area contributed by atoms with Crippen LogP contribution >= 0.6 is 0 Å². The van der Waals surface area contributed by atoms with E-state index in [1.54, 1.807) is 25.5 Å². The summed E-state index contributed by atoms with van der Waals surface area (Å²) in [5.74, 6) is -2.60. The van der Waals surface area contributed by atoms with Crippen molar-refractivity contribution in [3.63, 3.8) is 0 Å². The van der Waals surface area contributed by atoms with Gasteiger partial charge in [0, 0.05) is 12.1 Å². The van der Waals surface area contributed by atoms with E-state index in [2.05, 4.69) is 10.5 Å². The molecule has 1 aliphatic heterocycles. The molecule has 1 heterocycles. The minimum Gasteiger partial charge on any atom is -0.497 e. The fourth-order valence-corrected chi connectivity index (χ4v) is 7.07. The number of nitrogens with zero attached hydrogens (tertiary/aromatic N) is 2. The average Bonchev–Trinajstić information content (AvgIpc) is 3.28. The maximum atomic E-state index is 14.3. The second-order valence-corrected chi connectivity index (χ2v) is 10.8. The van der Waals surface area contributed by atoms with E-state index in [0.29, 0.717) is 11.4 Å². The zero-order valence-electron chi connectivity index (χ0n) is 22.7. The van der Waals surface area contributed by atoms with Crippen LogP contribution in [-0.4, -0.2) is 31.0 Å². The first-order valence-electron chi connectivity index (χ1n) is 13.7. The molecule has 4 aromatic rings. The van der Waals surface area contributed by atoms with Crippen LogP contribution < -0.4 is 15.1 Å². The number of imide groups is 1. The van der Waals surface area contributed by atoms with Crippen LogP contribution in [0.1, 0.15) is 33.7 Å². The van der Waals surface area contributed by atoms with E-state index in [9.17, 15) is 18.8 Å². The normalized spacial score (nSPS) is 23.5. The zero-order chi connectivity index (χ0) is 29.0. The van der Waals surface area contributed by atoms with E-state index in [1.165, 1.54) is 29.2 Å². The Balaban J connectivity index is 1.32. The van der Waals surface area contributed by atoms with Crippen LogP contribution in [0.25, 0.3) is 0 Å². The van der Waals surface area contributed by atoms with Gasteiger partial charge in [0.15, 0.2) is 0 Å². The monoisotopic (exact) mass is 559 g/mol. The molecule has 2 unspecified atom stereocenters. The first kappa shape index (κ1) is 25.8. The summed E-state index contributed by atoms with van der Waals surface area (Å²) in [5, 5.41) is 4.44. The summed E-state index contributed by atoms with van der Waals surface area (Å²) in [7, 11) is 1.58. The van der Waals surface area contributed by atoms with Crippen molar-refractivity contribution < 1.29 is 23.5 Å². The number of rotatable bonds is 6. The quantitative estimate of drug-likeness (QED) is 0.210. The largest absolute Gasteiger partial charge is 0.497 e. The molecule has 0 aromatic heterocycles. The molecule has 4 aliphatic rings. The smallest absolute Gasteiger partial charge is 0.244 e. The standard InChI is InChI=1S/C34H26FN3O4/c1-42-23-16-10-20(11-17-23)18-28(39)37-36-19-34-26-8-4-2-6-24(26)29(25-7-3-5-9-27(25)34)30-31(34)33(41)38(32(30)40)22-14-12-21(35)13-15-22/h2-17,19,29-31H,18H2,1H3,(H,37,39)/b36-19+. The molecule has 1 saturated heterocycles. The number of hydrazone groups is 1. The second kappa shape index (κ2) is 9.76. The molecule has 7 nitrogen and oxygen atoms in total. The highest BCUT2D eigenvalue weighted by Gasteiger charge is 2.68. The molecule has 1 N–H and O–H groups in total. The molecule has 208 valence electrons. The van der Waals surface area contributed by atoms with Gasteiger partial charge < -0.3 is 4.74 Å². The topological polar surface area (TPSA) is 88.1 Å². The molecule has 0 saturated carbocycles. The van der Waals surface area contributed by atoms with Gasteiger partial charge in [0.05, 0.1) is 36.5 Å². The van der Waals surface area contributed by atoms with Crippen molar-refractivity contribution in [1.82, 2.24) is 5.43 Å². The zero-order valence-corrected chi connectivity index (χ0v) is 22.7. The molecule has 2 atom stereocenters. The minimum atomic E-state index is -1.11. The number of methoxy groups -OCH3 is 1. The second-order valence-electron chi connectivity index (χ2n) is 10.8. The van der Waals surface area contributed by atoms with Crippen molar-refractivity contribution in [2.45, 2.75) is 17.8 Å². The van der Waals surface area contributed by atoms with Crippen molar-refractivity contribution in [2.75, 3.05) is 12.0 Å². The Morgan fingerprint density at radius 2 is 1.52 bits per heavy atom. The Labute approximate surface area is 241 Å². The number of carbonyl (C=O) groups excluding carboxylic acids is 3. The van der Waals surface area contributed by atoms with Crippen molar-refractivity contribution in [1.29, 1.82) is 0 Å². The van der Waals surface area contributed by atoms with Crippen LogP contribution in [0.4, 0.5) is 10.1 Å². The molecule has 3 amide bonds. The van der Waals surface area contributed by atoms with Crippen LogP contribution in [0.15, 0.2) is 102 Å². The molecule has 0 radical (unpaired) electrons. The van der Waals surface area contributed by atoms with Gasteiger partial charge in [-0.1, -0.05) is 60.7 Å². The van der Waals surface area contributed by atoms with Gasteiger partial charge in [0.2, 0.25) is 17.7 Å². The highest BCUT2D eigenvalue weighted by Crippen LogP contribution is 2.63. The van der Waals surface area contributed by atoms with E-state index < -0.39 is 23.1 Å². The summed E-state index contributed by atoms with van der Waals surface area (Å²) in [6.07, 6.45) is 1.73. The molecule has 1 fully saturated rings. The van der Waals surface area contributed by atoms with Gasteiger partial charge in [-0.05, 0) is 64.2 Å². The van der Waals surface area contributed by atoms with Crippen LogP contribution in [-0.2, 0) is 26.2 Å². The minimum absolute atomic E-state index is 0.103. The summed E-state index contributed by atoms with van der Waals surface area (Å²) in [6.45, 7) is 0. The number of hydrogen-bond donors (Lipinski definition) is 1. The summed E-state index contributed by atoms with van der Waals surface area (Å²) < 4.78 is 18.9. The molecular formula is C34H26FN3O4. The summed E-state index contributed by atoms with van der Waals surface area (Å²) >= 11 is 0. The number of amides is 3. The lowest BCUT2D eigenvalue weighted by Gasteiger charge is -2.52. The highest BCUT2D eigenvalue weighted by atomic mass is 19.1. The summed E-state index contributed by atoms with van der Waals surface area (Å²) in [6, 6.07) is 28.2. The third-order valence-electron chi connectivity index (χ3n) is 8.75. The maximum Gasteiger partial charge on any atom is 0.244 e. The number of hydrogen-bond acceptors (Lipinski definition) is 5. The number of nitrogens with one attached hydrogen (secondary N) is 1. The van der Waals surface area contributed by atoms with E-state index in [1.807, 2.05) is 60.7 Å². The Hall–Kier alpha value is -5.11. The molecule has 8 heteroatoms. The van der Waals surface area contributed by atoms with E-state index in [4.69, 9.17) is 4.74 Å². The molecule has 0 spiro atoms. The van der Waals surface area contributed by atoms with Crippen LogP contribution in [0, 0.1) is 17.7 Å². The van der Waals surface area contributed by atoms with Gasteiger partial charge in [0.25, 0.3) is 0 Å². The maximum absolute atomic E-state index is 14.3. The van der Waals surface area contributed by atoms with E-state index in [-0.39, 0.29) is 30.1 Å².